The van der Waals surface area contributed by atoms with Crippen molar-refractivity contribution in [3.05, 3.63) is 317 Å². The van der Waals surface area contributed by atoms with Gasteiger partial charge in [0.2, 0.25) is 0 Å². The van der Waals surface area contributed by atoms with E-state index in [2.05, 4.69) is 67.1 Å². The van der Waals surface area contributed by atoms with Crippen molar-refractivity contribution in [1.29, 1.82) is 0 Å². The van der Waals surface area contributed by atoms with Crippen LogP contribution in [-0.4, -0.2) is 108 Å². The van der Waals surface area contributed by atoms with Crippen LogP contribution in [0.1, 0.15) is 334 Å². The second-order valence-electron chi connectivity index (χ2n) is 35.2. The second kappa shape index (κ2) is 49.7. The van der Waals surface area contributed by atoms with E-state index in [1.807, 2.05) is 6.92 Å². The van der Waals surface area contributed by atoms with Crippen LogP contribution in [0.5, 0.6) is 0 Å². The summed E-state index contributed by atoms with van der Waals surface area (Å²) in [5, 5.41) is 30.0. The van der Waals surface area contributed by atoms with Crippen molar-refractivity contribution in [3.8, 4) is 0 Å². The van der Waals surface area contributed by atoms with Gasteiger partial charge in [-0.2, -0.15) is 0 Å². The van der Waals surface area contributed by atoms with Crippen LogP contribution in [0.2, 0.25) is 25.1 Å². The standard InChI is InChI=1S/2C15H14ClFN2OS.C15H14F2N2OS.C14H10ClFN2O2S.C14H12ClFN2OS.C14H14ClFN2S.C13H10F2N2OS/c1-8-2-6-11(17)10(13(8)16)5-7-12(20)15-14(9-3-4-9)18-19-21-15;16-11-4-2-5-12(17)10(11)3-1-6-13(20)15-14(9-7-8-9)18-19-21-15;1-8-2-6-11(16)10(13(8)17)5-7-12(20)15-14(9-3-4-9)18-19-21-15;15-8-2-1-3-9(16)12(8)10(19)6-11(20)14-13(7-4-5-7)17-18-21-14;15-10-2-1-3-11(16)9(10)6-7-12(19)14-13(8-4-5-8)17-18-20-14;15-11-4-2-5-12(16)10(11)3-1-6-13-14(9-7-8-9)17-18-19-13;14-9-2-1-3-10(15)8(9)6-11(18)13-12(7-4-5-7)16-17-19-13/h2,6,9H,3-5,7H2,1H3;2,4-5,9H,1,3,6-8H2;2,6,9H,3-5,7H2,1H3;1-3,7H,4-6H2;1-3,8H,4-7H2;2,4-5,9H,1,3,6-8H2;1-3,7H,4-6H2. The highest BCUT2D eigenvalue weighted by Gasteiger charge is 2.39. The van der Waals surface area contributed by atoms with Crippen molar-refractivity contribution < 1.29 is 73.1 Å². The molecule has 21 rings (SSSR count). The first-order valence-electron chi connectivity index (χ1n) is 46.0. The van der Waals surface area contributed by atoms with E-state index in [0.29, 0.717) is 163 Å². The smallest absolute Gasteiger partial charge is 0.184 e. The summed E-state index contributed by atoms with van der Waals surface area (Å²) >= 11 is 37.9. The molecule has 7 aliphatic carbocycles. The molecule has 7 aliphatic rings. The molecule has 7 aromatic carbocycles. The zero-order chi connectivity index (χ0) is 101. The lowest BCUT2D eigenvalue weighted by molar-refractivity contribution is 0.0888. The van der Waals surface area contributed by atoms with Gasteiger partial charge in [-0.1, -0.05) is 132 Å². The van der Waals surface area contributed by atoms with Crippen LogP contribution in [0.4, 0.5) is 39.5 Å². The Labute approximate surface area is 864 Å². The number of aryl methyl sites for hydroxylation is 3. The van der Waals surface area contributed by atoms with Gasteiger partial charge >= 0.3 is 0 Å². The highest BCUT2D eigenvalue weighted by molar-refractivity contribution is 7.09. The molecular formula is C100H88Cl5F9N14O7S7. The number of ketones is 7. The second-order valence-corrected chi connectivity index (χ2v) is 42.5. The number of halogens is 14. The van der Waals surface area contributed by atoms with Crippen LogP contribution in [0, 0.1) is 66.2 Å². The van der Waals surface area contributed by atoms with E-state index in [4.69, 9.17) is 58.0 Å². The molecule has 0 N–H and O–H groups in total. The number of Topliss-reactive ketones (excluding diaryl/α,β-unsaturated/α-hetero) is 7. The van der Waals surface area contributed by atoms with Crippen LogP contribution < -0.4 is 0 Å². The molecule has 0 atom stereocenters. The fourth-order valence-corrected chi connectivity index (χ4v) is 21.7. The zero-order valence-corrected chi connectivity index (χ0v) is 85.6. The normalized spacial score (nSPS) is 14.5. The van der Waals surface area contributed by atoms with Crippen molar-refractivity contribution in [2.45, 2.75) is 235 Å². The summed E-state index contributed by atoms with van der Waals surface area (Å²) in [5.74, 6) is -3.23. The number of carbonyl (C=O) groups is 7. The minimum absolute atomic E-state index is 0.0117. The number of nitrogens with zero attached hydrogens (tertiary/aromatic N) is 14. The molecule has 0 bridgehead atoms. The van der Waals surface area contributed by atoms with Crippen molar-refractivity contribution in [2.24, 2.45) is 0 Å². The van der Waals surface area contributed by atoms with Crippen LogP contribution in [0.3, 0.4) is 0 Å². The maximum absolute atomic E-state index is 13.9. The molecule has 42 heteroatoms. The number of benzene rings is 7. The van der Waals surface area contributed by atoms with Crippen LogP contribution in [0.25, 0.3) is 0 Å². The number of aromatic nitrogens is 14. The quantitative estimate of drug-likeness (QED) is 0.0202. The molecule has 0 unspecified atom stereocenters. The molecule has 0 amide bonds. The summed E-state index contributed by atoms with van der Waals surface area (Å²) in [6.45, 7) is 3.41. The largest absolute Gasteiger partial charge is 0.294 e. The molecule has 0 saturated heterocycles. The van der Waals surface area contributed by atoms with Crippen LogP contribution in [-0.2, 0) is 44.9 Å². The van der Waals surface area contributed by atoms with Crippen molar-refractivity contribution in [1.82, 2.24) is 67.1 Å². The Morgan fingerprint density at radius 3 is 0.951 bits per heavy atom. The van der Waals surface area contributed by atoms with E-state index in [9.17, 15) is 73.1 Å². The highest BCUT2D eigenvalue weighted by atomic mass is 35.5. The van der Waals surface area contributed by atoms with Crippen molar-refractivity contribution in [2.75, 3.05) is 0 Å². The van der Waals surface area contributed by atoms with Gasteiger partial charge in [0.15, 0.2) is 40.5 Å². The first-order valence-corrected chi connectivity index (χ1v) is 53.3. The summed E-state index contributed by atoms with van der Waals surface area (Å²) in [6, 6.07) is 27.3. The monoisotopic (exact) mass is 2170 g/mol. The lowest BCUT2D eigenvalue weighted by atomic mass is 10.0. The minimum Gasteiger partial charge on any atom is -0.294 e. The van der Waals surface area contributed by atoms with Gasteiger partial charge in [-0.25, -0.2) is 39.5 Å². The summed E-state index contributed by atoms with van der Waals surface area (Å²) in [4.78, 5) is 90.0. The van der Waals surface area contributed by atoms with Crippen molar-refractivity contribution in [3.63, 3.8) is 0 Å². The van der Waals surface area contributed by atoms with Gasteiger partial charge in [-0.05, 0) is 320 Å². The third-order valence-corrected chi connectivity index (χ3v) is 31.7. The van der Waals surface area contributed by atoms with Gasteiger partial charge in [-0.3, -0.25) is 33.6 Å². The van der Waals surface area contributed by atoms with Gasteiger partial charge in [-0.15, -0.1) is 35.7 Å². The van der Waals surface area contributed by atoms with Gasteiger partial charge in [0.05, 0.1) is 56.9 Å². The van der Waals surface area contributed by atoms with Gasteiger partial charge in [0, 0.05) is 132 Å². The molecular weight excluding hydrogens is 2080 g/mol. The highest BCUT2D eigenvalue weighted by Crippen LogP contribution is 2.48. The molecule has 0 aliphatic heterocycles. The third-order valence-electron chi connectivity index (χ3n) is 24.3. The molecule has 21 nitrogen and oxygen atoms in total. The summed E-state index contributed by atoms with van der Waals surface area (Å²) in [6.07, 6.45) is 19.3. The predicted molar refractivity (Wildman–Crippen MR) is 531 cm³/mol. The van der Waals surface area contributed by atoms with Crippen LogP contribution >= 0.6 is 139 Å². The average Bonchev–Trinajstić information content (AvgIpc) is 1.67. The summed E-state index contributed by atoms with van der Waals surface area (Å²) in [7, 11) is 0. The lowest BCUT2D eigenvalue weighted by Gasteiger charge is -2.07. The van der Waals surface area contributed by atoms with Gasteiger partial charge in [0.25, 0.3) is 0 Å². The Morgan fingerprint density at radius 1 is 0.275 bits per heavy atom. The zero-order valence-electron chi connectivity index (χ0n) is 76.1. The number of hydrogen-bond donors (Lipinski definition) is 0. The van der Waals surface area contributed by atoms with Crippen molar-refractivity contribution >= 4 is 179 Å². The Bertz CT molecular complexity index is 6710. The Balaban J connectivity index is 0.000000125. The van der Waals surface area contributed by atoms with Gasteiger partial charge in [0.1, 0.15) is 81.6 Å². The topological polar surface area (TPSA) is 300 Å². The molecule has 14 aromatic rings. The Hall–Kier alpha value is -10.0. The van der Waals surface area contributed by atoms with Gasteiger partial charge < -0.3 is 0 Å². The summed E-state index contributed by atoms with van der Waals surface area (Å²) < 4.78 is 150. The number of rotatable bonds is 35. The van der Waals surface area contributed by atoms with Crippen LogP contribution in [0.15, 0.2) is 115 Å². The van der Waals surface area contributed by atoms with E-state index in [1.165, 1.54) is 101 Å². The maximum Gasteiger partial charge on any atom is 0.184 e. The fraction of sp³-hybridized carbons (Fsp3) is 0.370. The molecule has 0 spiro atoms. The van der Waals surface area contributed by atoms with E-state index in [0.717, 1.165) is 194 Å². The molecule has 7 saturated carbocycles. The Morgan fingerprint density at radius 2 is 0.563 bits per heavy atom. The molecule has 7 heterocycles. The first-order chi connectivity index (χ1) is 68.5. The SMILES string of the molecule is Cc1ccc(F)c(CCC(=O)c2snnc2C2CC2)c1Cl.Cc1ccc(F)c(CCC(=O)c2snnc2C2CC2)c1F.Fc1cccc(Cl)c1CCCc1snnc1C1CC1.O=C(CC(=O)c1c(F)cccc1Cl)c1snnc1C1CC1.O=C(CCCc1c(F)cccc1Cl)c1snnc1C1CC1.O=C(CCc1c(F)cccc1Cl)c1snnc1C1CC1.O=C(Cc1c(F)cccc1F)c1snnc1C1CC1. The molecule has 0 radical (unpaired) electrons. The third kappa shape index (κ3) is 28.4. The minimum atomic E-state index is -0.717. The average molecular weight is 2170 g/mol. The van der Waals surface area contributed by atoms with E-state index >= 15 is 0 Å². The van der Waals surface area contributed by atoms with E-state index in [-0.39, 0.29) is 118 Å². The number of carbonyl (C=O) groups excluding carboxylic acids is 7. The summed E-state index contributed by atoms with van der Waals surface area (Å²) in [5.41, 5.74) is 8.44. The molecule has 7 aromatic heterocycles. The lowest BCUT2D eigenvalue weighted by Crippen LogP contribution is -2.11. The maximum atomic E-state index is 13.9. The molecule has 740 valence electrons. The Kier molecular flexibility index (Phi) is 37.2. The first kappa shape index (κ1) is 106. The van der Waals surface area contributed by atoms with E-state index < -0.39 is 41.3 Å². The molecule has 142 heavy (non-hydrogen) atoms. The molecule has 7 fully saturated rings. The predicted octanol–water partition coefficient (Wildman–Crippen LogP) is 27.8. The fourth-order valence-electron chi connectivity index (χ4n) is 15.4. The number of hydrogen-bond acceptors (Lipinski definition) is 28. The van der Waals surface area contributed by atoms with E-state index in [1.54, 1.807) is 49.4 Å².